The second-order valence-electron chi connectivity index (χ2n) is 4.63. The lowest BCUT2D eigenvalue weighted by atomic mass is 10.3. The molecule has 2 aromatic rings. The monoisotopic (exact) mass is 347 g/mol. The minimum absolute atomic E-state index is 0.0897. The zero-order chi connectivity index (χ0) is 16.9. The number of benzene rings is 1. The van der Waals surface area contributed by atoms with Crippen molar-refractivity contribution in [1.29, 1.82) is 10.5 Å². The topological polar surface area (TPSA) is 119 Å². The van der Waals surface area contributed by atoms with E-state index in [-0.39, 0.29) is 15.8 Å². The molecule has 1 N–H and O–H groups in total. The number of unbranched alkanes of at least 4 members (excludes halogenated alkanes) is 1. The quantitative estimate of drug-likeness (QED) is 0.634. The molecule has 0 aliphatic rings. The summed E-state index contributed by atoms with van der Waals surface area (Å²) in [5.74, 6) is 0.0897. The minimum atomic E-state index is -3.36. The Morgan fingerprint density at radius 1 is 1.39 bits per heavy atom. The van der Waals surface area contributed by atoms with Crippen LogP contribution in [0.4, 0.5) is 5.69 Å². The molecule has 118 valence electrons. The van der Waals surface area contributed by atoms with Crippen molar-refractivity contribution < 1.29 is 8.42 Å². The van der Waals surface area contributed by atoms with E-state index < -0.39 is 9.84 Å². The van der Waals surface area contributed by atoms with Crippen LogP contribution in [-0.2, 0) is 9.84 Å². The standard InChI is InChI=1S/C14H13N5O2S2/c1-2-3-6-23(20,21)14-17-12-5-4-10(7-13(12)22-14)18-19-11(8-15)9-16/h4-5,7,18H,2-3,6H2,1H3. The van der Waals surface area contributed by atoms with E-state index in [4.69, 9.17) is 10.5 Å². The molecule has 0 spiro atoms. The molecule has 0 aliphatic heterocycles. The Kier molecular flexibility index (Phi) is 5.27. The van der Waals surface area contributed by atoms with E-state index in [2.05, 4.69) is 15.5 Å². The Labute approximate surface area is 137 Å². The second-order valence-corrected chi connectivity index (χ2v) is 7.94. The van der Waals surface area contributed by atoms with Gasteiger partial charge < -0.3 is 0 Å². The molecule has 0 aliphatic carbocycles. The summed E-state index contributed by atoms with van der Waals surface area (Å²) in [4.78, 5) is 4.17. The zero-order valence-electron chi connectivity index (χ0n) is 12.3. The molecule has 0 saturated carbocycles. The molecule has 0 saturated heterocycles. The lowest BCUT2D eigenvalue weighted by Crippen LogP contribution is -2.05. The molecule has 2 rings (SSSR count). The number of fused-ring (bicyclic) bond motifs is 1. The van der Waals surface area contributed by atoms with Gasteiger partial charge >= 0.3 is 0 Å². The Morgan fingerprint density at radius 3 is 2.78 bits per heavy atom. The first kappa shape index (κ1) is 16.9. The summed E-state index contributed by atoms with van der Waals surface area (Å²) in [5, 5.41) is 20.9. The van der Waals surface area contributed by atoms with Gasteiger partial charge in [-0.2, -0.15) is 15.6 Å². The Morgan fingerprint density at radius 2 is 2.13 bits per heavy atom. The first-order valence-electron chi connectivity index (χ1n) is 6.77. The fourth-order valence-electron chi connectivity index (χ4n) is 1.72. The Bertz CT molecular complexity index is 916. The van der Waals surface area contributed by atoms with Crippen molar-refractivity contribution in [3.8, 4) is 12.1 Å². The van der Waals surface area contributed by atoms with E-state index in [0.29, 0.717) is 22.3 Å². The third-order valence-electron chi connectivity index (χ3n) is 2.91. The number of anilines is 1. The number of thiazole rings is 1. The predicted molar refractivity (Wildman–Crippen MR) is 88.9 cm³/mol. The average Bonchev–Trinajstić information content (AvgIpc) is 2.98. The number of sulfone groups is 1. The smallest absolute Gasteiger partial charge is 0.237 e. The van der Waals surface area contributed by atoms with Crippen molar-refractivity contribution in [1.82, 2.24) is 4.98 Å². The van der Waals surface area contributed by atoms with Crippen LogP contribution in [0.25, 0.3) is 10.2 Å². The van der Waals surface area contributed by atoms with Crippen LogP contribution < -0.4 is 5.43 Å². The van der Waals surface area contributed by atoms with Crippen molar-refractivity contribution in [2.75, 3.05) is 11.2 Å². The molecular weight excluding hydrogens is 334 g/mol. The Hall–Kier alpha value is -2.49. The van der Waals surface area contributed by atoms with Crippen molar-refractivity contribution >= 4 is 42.8 Å². The van der Waals surface area contributed by atoms with Crippen LogP contribution in [0.2, 0.25) is 0 Å². The molecular formula is C14H13N5O2S2. The number of hydrogen-bond acceptors (Lipinski definition) is 8. The minimum Gasteiger partial charge on any atom is -0.276 e. The highest BCUT2D eigenvalue weighted by atomic mass is 32.2. The Balaban J connectivity index is 2.30. The van der Waals surface area contributed by atoms with Crippen LogP contribution in [0.15, 0.2) is 27.6 Å². The molecule has 0 amide bonds. The van der Waals surface area contributed by atoms with Gasteiger partial charge in [-0.3, -0.25) is 5.43 Å². The van der Waals surface area contributed by atoms with Gasteiger partial charge in [-0.25, -0.2) is 13.4 Å². The number of hydrogen-bond donors (Lipinski definition) is 1. The zero-order valence-corrected chi connectivity index (χ0v) is 13.9. The number of nitrogens with zero attached hydrogens (tertiary/aromatic N) is 4. The van der Waals surface area contributed by atoms with Crippen molar-refractivity contribution in [2.45, 2.75) is 24.1 Å². The fourth-order valence-corrected chi connectivity index (χ4v) is 4.57. The van der Waals surface area contributed by atoms with Gasteiger partial charge in [0.15, 0.2) is 0 Å². The summed E-state index contributed by atoms with van der Waals surface area (Å²) in [5.41, 5.74) is 3.43. The lowest BCUT2D eigenvalue weighted by Gasteiger charge is -1.98. The van der Waals surface area contributed by atoms with Crippen molar-refractivity contribution in [3.63, 3.8) is 0 Å². The third kappa shape index (κ3) is 4.03. The molecule has 0 atom stereocenters. The van der Waals surface area contributed by atoms with Gasteiger partial charge in [-0.1, -0.05) is 13.3 Å². The van der Waals surface area contributed by atoms with E-state index in [1.165, 1.54) is 0 Å². The van der Waals surface area contributed by atoms with Gasteiger partial charge in [0.2, 0.25) is 19.9 Å². The van der Waals surface area contributed by atoms with Crippen LogP contribution in [0.5, 0.6) is 0 Å². The van der Waals surface area contributed by atoms with E-state index in [9.17, 15) is 8.42 Å². The van der Waals surface area contributed by atoms with Crippen molar-refractivity contribution in [3.05, 3.63) is 18.2 Å². The van der Waals surface area contributed by atoms with Gasteiger partial charge in [-0.05, 0) is 24.6 Å². The van der Waals surface area contributed by atoms with Crippen LogP contribution in [0.3, 0.4) is 0 Å². The maximum absolute atomic E-state index is 12.2. The summed E-state index contributed by atoms with van der Waals surface area (Å²) in [6.45, 7) is 1.93. The molecule has 1 aromatic carbocycles. The fraction of sp³-hybridized carbons (Fsp3) is 0.286. The number of hydrazone groups is 1. The van der Waals surface area contributed by atoms with Gasteiger partial charge in [0.05, 0.1) is 21.7 Å². The summed E-state index contributed by atoms with van der Waals surface area (Å²) in [6, 6.07) is 8.28. The highest BCUT2D eigenvalue weighted by Gasteiger charge is 2.19. The highest BCUT2D eigenvalue weighted by molar-refractivity contribution is 7.93. The normalized spacial score (nSPS) is 10.7. The first-order chi connectivity index (χ1) is 11.0. The van der Waals surface area contributed by atoms with Crippen molar-refractivity contribution in [2.24, 2.45) is 5.10 Å². The summed E-state index contributed by atoms with van der Waals surface area (Å²) < 4.78 is 25.2. The summed E-state index contributed by atoms with van der Waals surface area (Å²) in [7, 11) is -3.36. The molecule has 0 radical (unpaired) electrons. The largest absolute Gasteiger partial charge is 0.276 e. The van der Waals surface area contributed by atoms with Crippen LogP contribution in [0.1, 0.15) is 19.8 Å². The van der Waals surface area contributed by atoms with Gasteiger partial charge in [0.25, 0.3) is 0 Å². The summed E-state index contributed by atoms with van der Waals surface area (Å²) in [6.07, 6.45) is 1.40. The molecule has 1 aromatic heterocycles. The van der Waals surface area contributed by atoms with Crippen LogP contribution in [-0.4, -0.2) is 24.9 Å². The van der Waals surface area contributed by atoms with E-state index >= 15 is 0 Å². The third-order valence-corrected chi connectivity index (χ3v) is 6.18. The van der Waals surface area contributed by atoms with E-state index in [1.807, 2.05) is 6.92 Å². The van der Waals surface area contributed by atoms with E-state index in [1.54, 1.807) is 30.3 Å². The number of aromatic nitrogens is 1. The predicted octanol–water partition coefficient (Wildman–Crippen LogP) is 2.69. The maximum Gasteiger partial charge on any atom is 0.237 e. The van der Waals surface area contributed by atoms with Crippen LogP contribution in [0, 0.1) is 22.7 Å². The van der Waals surface area contributed by atoms with Gasteiger partial charge in [0, 0.05) is 0 Å². The van der Waals surface area contributed by atoms with E-state index in [0.717, 1.165) is 17.8 Å². The number of nitriles is 2. The molecule has 9 heteroatoms. The molecule has 0 unspecified atom stereocenters. The SMILES string of the molecule is CCCCS(=O)(=O)c1nc2ccc(NN=C(C#N)C#N)cc2s1. The lowest BCUT2D eigenvalue weighted by molar-refractivity contribution is 0.592. The molecule has 0 fully saturated rings. The second kappa shape index (κ2) is 7.18. The van der Waals surface area contributed by atoms with Gasteiger partial charge in [0.1, 0.15) is 12.1 Å². The maximum atomic E-state index is 12.2. The highest BCUT2D eigenvalue weighted by Crippen LogP contribution is 2.28. The van der Waals surface area contributed by atoms with Crippen LogP contribution >= 0.6 is 11.3 Å². The number of rotatable bonds is 6. The van der Waals surface area contributed by atoms with Gasteiger partial charge in [-0.15, -0.1) is 11.3 Å². The first-order valence-corrected chi connectivity index (χ1v) is 9.24. The molecule has 23 heavy (non-hydrogen) atoms. The molecule has 1 heterocycles. The molecule has 7 nitrogen and oxygen atoms in total. The summed E-state index contributed by atoms with van der Waals surface area (Å²) >= 11 is 1.10. The average molecular weight is 347 g/mol. The number of nitrogens with one attached hydrogen (secondary N) is 1. The molecule has 0 bridgehead atoms.